The van der Waals surface area contributed by atoms with Gasteiger partial charge in [0.2, 0.25) is 0 Å². The Balaban J connectivity index is 1.79. The van der Waals surface area contributed by atoms with Crippen LogP contribution in [0.25, 0.3) is 16.9 Å². The second-order valence-electron chi connectivity index (χ2n) is 6.83. The monoisotopic (exact) mass is 391 g/mol. The van der Waals surface area contributed by atoms with Crippen LogP contribution < -0.4 is 5.32 Å². The molecule has 0 atom stereocenters. The number of hydrogen-bond acceptors (Lipinski definition) is 4. The first-order valence-electron chi connectivity index (χ1n) is 9.65. The van der Waals surface area contributed by atoms with E-state index in [0.29, 0.717) is 37.1 Å². The molecule has 3 rings (SSSR count). The average molecular weight is 391 g/mol. The van der Waals surface area contributed by atoms with Crippen LogP contribution in [-0.2, 0) is 9.53 Å². The largest absolute Gasteiger partial charge is 0.469 e. The van der Waals surface area contributed by atoms with Crippen LogP contribution in [0.15, 0.2) is 60.8 Å². The molecule has 1 amide bonds. The summed E-state index contributed by atoms with van der Waals surface area (Å²) in [6.45, 7) is 2.50. The van der Waals surface area contributed by atoms with E-state index < -0.39 is 0 Å². The van der Waals surface area contributed by atoms with E-state index in [1.807, 2.05) is 61.5 Å². The van der Waals surface area contributed by atoms with Crippen LogP contribution in [-0.4, -0.2) is 35.3 Å². The number of esters is 1. The molecule has 1 N–H and O–H groups in total. The second-order valence-corrected chi connectivity index (χ2v) is 6.83. The SMILES string of the molecule is COC(=O)CCCCNC(=O)c1cn(-c2ccccc2)nc1-c1cccc(C)c1. The van der Waals surface area contributed by atoms with Crippen molar-refractivity contribution in [1.82, 2.24) is 15.1 Å². The minimum Gasteiger partial charge on any atom is -0.469 e. The van der Waals surface area contributed by atoms with Gasteiger partial charge < -0.3 is 10.1 Å². The summed E-state index contributed by atoms with van der Waals surface area (Å²) in [5, 5.41) is 7.62. The standard InChI is InChI=1S/C23H25N3O3/c1-17-9-8-10-18(15-17)22-20(16-26(25-22)19-11-4-3-5-12-19)23(28)24-14-7-6-13-21(27)29-2/h3-5,8-12,15-16H,6-7,13-14H2,1-2H3,(H,24,28). The Bertz CT molecular complexity index is 980. The third-order valence-corrected chi connectivity index (χ3v) is 4.59. The van der Waals surface area contributed by atoms with Crippen molar-refractivity contribution in [2.45, 2.75) is 26.2 Å². The fraction of sp³-hybridized carbons (Fsp3) is 0.261. The molecule has 0 unspecified atom stereocenters. The summed E-state index contributed by atoms with van der Waals surface area (Å²) < 4.78 is 6.36. The van der Waals surface area contributed by atoms with Crippen LogP contribution in [0, 0.1) is 6.92 Å². The van der Waals surface area contributed by atoms with Gasteiger partial charge in [-0.2, -0.15) is 5.10 Å². The number of aryl methyl sites for hydroxylation is 1. The minimum atomic E-state index is -0.234. The first-order chi connectivity index (χ1) is 14.1. The maximum absolute atomic E-state index is 12.9. The van der Waals surface area contributed by atoms with Crippen LogP contribution in [0.1, 0.15) is 35.2 Å². The Labute approximate surface area is 170 Å². The minimum absolute atomic E-state index is 0.179. The highest BCUT2D eigenvalue weighted by Gasteiger charge is 2.18. The molecule has 6 heteroatoms. The Morgan fingerprint density at radius 3 is 2.59 bits per heavy atom. The van der Waals surface area contributed by atoms with Crippen molar-refractivity contribution in [1.29, 1.82) is 0 Å². The third kappa shape index (κ3) is 5.31. The highest BCUT2D eigenvalue weighted by atomic mass is 16.5. The summed E-state index contributed by atoms with van der Waals surface area (Å²) in [6, 6.07) is 17.6. The van der Waals surface area contributed by atoms with Gasteiger partial charge in [-0.1, -0.05) is 42.0 Å². The lowest BCUT2D eigenvalue weighted by Crippen LogP contribution is -2.24. The lowest BCUT2D eigenvalue weighted by molar-refractivity contribution is -0.140. The summed E-state index contributed by atoms with van der Waals surface area (Å²) in [5.41, 5.74) is 4.05. The lowest BCUT2D eigenvalue weighted by Gasteiger charge is -2.06. The summed E-state index contributed by atoms with van der Waals surface area (Å²) in [5.74, 6) is -0.413. The molecule has 29 heavy (non-hydrogen) atoms. The average Bonchev–Trinajstić information content (AvgIpc) is 3.19. The lowest BCUT2D eigenvalue weighted by atomic mass is 10.1. The zero-order valence-corrected chi connectivity index (χ0v) is 16.7. The normalized spacial score (nSPS) is 10.6. The number of unbranched alkanes of at least 4 members (excludes halogenated alkanes) is 1. The zero-order chi connectivity index (χ0) is 20.6. The Hall–Kier alpha value is -3.41. The topological polar surface area (TPSA) is 73.2 Å². The quantitative estimate of drug-likeness (QED) is 0.467. The van der Waals surface area contributed by atoms with E-state index in [1.54, 1.807) is 10.9 Å². The van der Waals surface area contributed by atoms with Crippen LogP contribution in [0.2, 0.25) is 0 Å². The molecule has 0 fully saturated rings. The molecule has 1 aromatic heterocycles. The number of para-hydroxylation sites is 1. The molecule has 0 radical (unpaired) electrons. The van der Waals surface area contributed by atoms with E-state index in [1.165, 1.54) is 7.11 Å². The maximum Gasteiger partial charge on any atom is 0.305 e. The molecule has 0 spiro atoms. The predicted octanol–water partition coefficient (Wildman–Crippen LogP) is 3.92. The van der Waals surface area contributed by atoms with Crippen molar-refractivity contribution in [3.05, 3.63) is 71.9 Å². The summed E-state index contributed by atoms with van der Waals surface area (Å²) >= 11 is 0. The number of carbonyl (C=O) groups excluding carboxylic acids is 2. The molecular weight excluding hydrogens is 366 g/mol. The molecule has 0 saturated carbocycles. The maximum atomic E-state index is 12.9. The highest BCUT2D eigenvalue weighted by molar-refractivity contribution is 6.00. The molecule has 3 aromatic rings. The van der Waals surface area contributed by atoms with Gasteiger partial charge in [-0.3, -0.25) is 9.59 Å². The molecule has 0 saturated heterocycles. The number of aromatic nitrogens is 2. The number of amides is 1. The van der Waals surface area contributed by atoms with Gasteiger partial charge in [0.05, 0.1) is 18.4 Å². The van der Waals surface area contributed by atoms with Gasteiger partial charge in [0.15, 0.2) is 0 Å². The van der Waals surface area contributed by atoms with E-state index in [2.05, 4.69) is 15.2 Å². The van der Waals surface area contributed by atoms with Crippen molar-refractivity contribution in [2.75, 3.05) is 13.7 Å². The van der Waals surface area contributed by atoms with Crippen molar-refractivity contribution in [2.24, 2.45) is 0 Å². The summed E-state index contributed by atoms with van der Waals surface area (Å²) in [4.78, 5) is 24.0. The molecule has 150 valence electrons. The molecule has 0 bridgehead atoms. The zero-order valence-electron chi connectivity index (χ0n) is 16.7. The molecule has 0 aliphatic carbocycles. The molecular formula is C23H25N3O3. The fourth-order valence-corrected chi connectivity index (χ4v) is 3.05. The molecule has 0 aliphatic heterocycles. The summed E-state index contributed by atoms with van der Waals surface area (Å²) in [7, 11) is 1.38. The van der Waals surface area contributed by atoms with Crippen molar-refractivity contribution < 1.29 is 14.3 Å². The van der Waals surface area contributed by atoms with Crippen LogP contribution in [0.4, 0.5) is 0 Å². The van der Waals surface area contributed by atoms with Gasteiger partial charge in [-0.15, -0.1) is 0 Å². The first kappa shape index (κ1) is 20.3. The third-order valence-electron chi connectivity index (χ3n) is 4.59. The smallest absolute Gasteiger partial charge is 0.305 e. The Kier molecular flexibility index (Phi) is 6.79. The number of carbonyl (C=O) groups is 2. The molecule has 1 heterocycles. The van der Waals surface area contributed by atoms with Gasteiger partial charge in [0, 0.05) is 24.7 Å². The number of nitrogens with one attached hydrogen (secondary N) is 1. The predicted molar refractivity (Wildman–Crippen MR) is 112 cm³/mol. The van der Waals surface area contributed by atoms with Gasteiger partial charge >= 0.3 is 5.97 Å². The highest BCUT2D eigenvalue weighted by Crippen LogP contribution is 2.24. The van der Waals surface area contributed by atoms with E-state index in [-0.39, 0.29) is 11.9 Å². The number of methoxy groups -OCH3 is 1. The van der Waals surface area contributed by atoms with Gasteiger partial charge in [-0.05, 0) is 38.0 Å². The van der Waals surface area contributed by atoms with E-state index >= 15 is 0 Å². The Morgan fingerprint density at radius 2 is 1.86 bits per heavy atom. The van der Waals surface area contributed by atoms with Crippen LogP contribution in [0.3, 0.4) is 0 Å². The van der Waals surface area contributed by atoms with Crippen molar-refractivity contribution in [3.8, 4) is 16.9 Å². The fourth-order valence-electron chi connectivity index (χ4n) is 3.05. The first-order valence-corrected chi connectivity index (χ1v) is 9.65. The molecule has 2 aromatic carbocycles. The van der Waals surface area contributed by atoms with Gasteiger partial charge in [-0.25, -0.2) is 4.68 Å². The molecule has 6 nitrogen and oxygen atoms in total. The van der Waals surface area contributed by atoms with Crippen LogP contribution >= 0.6 is 0 Å². The van der Waals surface area contributed by atoms with E-state index in [4.69, 9.17) is 0 Å². The van der Waals surface area contributed by atoms with Gasteiger partial charge in [0.25, 0.3) is 5.91 Å². The van der Waals surface area contributed by atoms with Crippen molar-refractivity contribution >= 4 is 11.9 Å². The van der Waals surface area contributed by atoms with Crippen LogP contribution in [0.5, 0.6) is 0 Å². The number of benzene rings is 2. The number of rotatable bonds is 8. The van der Waals surface area contributed by atoms with Crippen molar-refractivity contribution in [3.63, 3.8) is 0 Å². The number of ether oxygens (including phenoxy) is 1. The number of nitrogens with zero attached hydrogens (tertiary/aromatic N) is 2. The molecule has 0 aliphatic rings. The number of hydrogen-bond donors (Lipinski definition) is 1. The second kappa shape index (κ2) is 9.68. The summed E-state index contributed by atoms with van der Waals surface area (Å²) in [6.07, 6.45) is 3.48. The van der Waals surface area contributed by atoms with E-state index in [9.17, 15) is 9.59 Å². The van der Waals surface area contributed by atoms with E-state index in [0.717, 1.165) is 16.8 Å². The van der Waals surface area contributed by atoms with Gasteiger partial charge in [0.1, 0.15) is 5.69 Å². The Morgan fingerprint density at radius 1 is 1.07 bits per heavy atom.